The molecule has 0 atom stereocenters. The molecule has 3 rings (SSSR count). The van der Waals surface area contributed by atoms with Gasteiger partial charge in [-0.3, -0.25) is 4.90 Å². The molecule has 1 aromatic heterocycles. The molecular formula is C19H29IN6O2. The number of aryl methyl sites for hydroxylation is 1. The summed E-state index contributed by atoms with van der Waals surface area (Å²) < 4.78 is 10.4. The van der Waals surface area contributed by atoms with Crippen LogP contribution in [0, 0.1) is 6.92 Å². The Morgan fingerprint density at radius 2 is 1.93 bits per heavy atom. The van der Waals surface area contributed by atoms with Gasteiger partial charge in [0.2, 0.25) is 5.89 Å². The van der Waals surface area contributed by atoms with E-state index in [2.05, 4.69) is 49.9 Å². The molecule has 2 N–H and O–H groups in total. The Balaban J connectivity index is 0.00000280. The van der Waals surface area contributed by atoms with Gasteiger partial charge in [0.05, 0.1) is 26.3 Å². The summed E-state index contributed by atoms with van der Waals surface area (Å²) in [6.07, 6.45) is 0. The molecule has 0 bridgehead atoms. The molecule has 0 amide bonds. The average molecular weight is 500 g/mol. The van der Waals surface area contributed by atoms with E-state index in [0.29, 0.717) is 24.8 Å². The Morgan fingerprint density at radius 3 is 2.61 bits per heavy atom. The van der Waals surface area contributed by atoms with Crippen molar-refractivity contribution in [2.45, 2.75) is 33.5 Å². The van der Waals surface area contributed by atoms with Crippen LogP contribution in [0.4, 0.5) is 0 Å². The summed E-state index contributed by atoms with van der Waals surface area (Å²) in [7, 11) is 0. The number of aromatic nitrogens is 2. The number of morpholine rings is 1. The largest absolute Gasteiger partial charge is 0.379 e. The van der Waals surface area contributed by atoms with Gasteiger partial charge in [-0.15, -0.1) is 24.0 Å². The molecule has 8 nitrogen and oxygen atoms in total. The van der Waals surface area contributed by atoms with Crippen LogP contribution in [0.5, 0.6) is 0 Å². The zero-order valence-electron chi connectivity index (χ0n) is 16.5. The van der Waals surface area contributed by atoms with Crippen LogP contribution < -0.4 is 10.6 Å². The molecule has 0 saturated carbocycles. The average Bonchev–Trinajstić information content (AvgIpc) is 3.11. The zero-order chi connectivity index (χ0) is 18.9. The van der Waals surface area contributed by atoms with Gasteiger partial charge in [-0.25, -0.2) is 4.99 Å². The molecule has 1 aliphatic heterocycles. The molecule has 154 valence electrons. The topological polar surface area (TPSA) is 87.8 Å². The summed E-state index contributed by atoms with van der Waals surface area (Å²) in [5.41, 5.74) is 2.55. The molecular weight excluding hydrogens is 471 g/mol. The molecule has 2 aromatic rings. The number of ether oxygens (including phenoxy) is 1. The number of benzene rings is 1. The van der Waals surface area contributed by atoms with Crippen molar-refractivity contribution in [2.75, 3.05) is 32.8 Å². The lowest BCUT2D eigenvalue weighted by Crippen LogP contribution is -2.37. The number of aliphatic imine (C=N–C) groups is 1. The van der Waals surface area contributed by atoms with Crippen LogP contribution in [0.1, 0.15) is 29.8 Å². The lowest BCUT2D eigenvalue weighted by molar-refractivity contribution is 0.0341. The first-order valence-electron chi connectivity index (χ1n) is 9.43. The lowest BCUT2D eigenvalue weighted by atomic mass is 10.1. The highest BCUT2D eigenvalue weighted by atomic mass is 127. The van der Waals surface area contributed by atoms with Gasteiger partial charge in [0.1, 0.15) is 0 Å². The van der Waals surface area contributed by atoms with Crippen molar-refractivity contribution in [3.8, 4) is 0 Å². The summed E-state index contributed by atoms with van der Waals surface area (Å²) in [5.74, 6) is 1.91. The molecule has 0 aliphatic carbocycles. The summed E-state index contributed by atoms with van der Waals surface area (Å²) in [4.78, 5) is 11.4. The van der Waals surface area contributed by atoms with Gasteiger partial charge in [0, 0.05) is 33.1 Å². The highest BCUT2D eigenvalue weighted by Crippen LogP contribution is 2.14. The van der Waals surface area contributed by atoms with E-state index in [0.717, 1.165) is 45.4 Å². The third-order valence-corrected chi connectivity index (χ3v) is 4.35. The molecule has 2 heterocycles. The number of halogens is 1. The van der Waals surface area contributed by atoms with Gasteiger partial charge in [-0.05, 0) is 18.1 Å². The van der Waals surface area contributed by atoms with Crippen LogP contribution in [-0.4, -0.2) is 53.8 Å². The van der Waals surface area contributed by atoms with Crippen molar-refractivity contribution in [3.05, 3.63) is 47.1 Å². The smallest absolute Gasteiger partial charge is 0.223 e. The normalized spacial score (nSPS) is 15.1. The molecule has 0 radical (unpaired) electrons. The second-order valence-electron chi connectivity index (χ2n) is 6.44. The van der Waals surface area contributed by atoms with E-state index in [-0.39, 0.29) is 24.0 Å². The minimum Gasteiger partial charge on any atom is -0.379 e. The molecule has 9 heteroatoms. The number of nitrogens with one attached hydrogen (secondary N) is 2. The van der Waals surface area contributed by atoms with Gasteiger partial charge in [-0.1, -0.05) is 29.4 Å². The molecule has 0 spiro atoms. The minimum absolute atomic E-state index is 0. The van der Waals surface area contributed by atoms with E-state index in [9.17, 15) is 0 Å². The second kappa shape index (κ2) is 12.0. The van der Waals surface area contributed by atoms with Crippen molar-refractivity contribution >= 4 is 29.9 Å². The first-order chi connectivity index (χ1) is 13.2. The number of rotatable bonds is 7. The van der Waals surface area contributed by atoms with Crippen molar-refractivity contribution in [1.82, 2.24) is 25.7 Å². The molecule has 1 saturated heterocycles. The van der Waals surface area contributed by atoms with E-state index < -0.39 is 0 Å². The summed E-state index contributed by atoms with van der Waals surface area (Å²) in [6, 6.07) is 8.48. The predicted molar refractivity (Wildman–Crippen MR) is 119 cm³/mol. The van der Waals surface area contributed by atoms with Crippen molar-refractivity contribution in [2.24, 2.45) is 4.99 Å². The van der Waals surface area contributed by atoms with Crippen molar-refractivity contribution in [1.29, 1.82) is 0 Å². The summed E-state index contributed by atoms with van der Waals surface area (Å²) in [5, 5.41) is 10.4. The van der Waals surface area contributed by atoms with Crippen molar-refractivity contribution < 1.29 is 9.26 Å². The monoisotopic (exact) mass is 500 g/mol. The standard InChI is InChI=1S/C19H28N6O2.HI/c1-3-20-19(22-13-18-23-15(2)27-24-18)21-12-16-6-4-5-7-17(16)14-25-8-10-26-11-9-25;/h4-7H,3,8-14H2,1-2H3,(H2,20,21,22);1H. The Hall–Kier alpha value is -1.72. The van der Waals surface area contributed by atoms with Crippen LogP contribution in [0.25, 0.3) is 0 Å². The Morgan fingerprint density at radius 1 is 1.18 bits per heavy atom. The summed E-state index contributed by atoms with van der Waals surface area (Å²) in [6.45, 7) is 10.2. The number of hydrogen-bond acceptors (Lipinski definition) is 6. The van der Waals surface area contributed by atoms with E-state index in [1.54, 1.807) is 6.92 Å². The molecule has 1 aromatic carbocycles. The quantitative estimate of drug-likeness (QED) is 0.342. The Labute approximate surface area is 183 Å². The first-order valence-corrected chi connectivity index (χ1v) is 9.43. The maximum Gasteiger partial charge on any atom is 0.223 e. The van der Waals surface area contributed by atoms with Crippen molar-refractivity contribution in [3.63, 3.8) is 0 Å². The van der Waals surface area contributed by atoms with Crippen LogP contribution in [0.2, 0.25) is 0 Å². The Bertz CT molecular complexity index is 746. The molecule has 0 unspecified atom stereocenters. The van der Waals surface area contributed by atoms with Gasteiger partial charge in [0.25, 0.3) is 0 Å². The first kappa shape index (κ1) is 22.6. The lowest BCUT2D eigenvalue weighted by Gasteiger charge is -2.27. The fourth-order valence-corrected chi connectivity index (χ4v) is 2.95. The summed E-state index contributed by atoms with van der Waals surface area (Å²) >= 11 is 0. The molecule has 28 heavy (non-hydrogen) atoms. The highest BCUT2D eigenvalue weighted by Gasteiger charge is 2.12. The SMILES string of the molecule is CCNC(=NCc1ccccc1CN1CCOCC1)NCc1noc(C)n1.I. The zero-order valence-corrected chi connectivity index (χ0v) is 18.8. The van der Waals surface area contributed by atoms with E-state index >= 15 is 0 Å². The second-order valence-corrected chi connectivity index (χ2v) is 6.44. The van der Waals surface area contributed by atoms with Gasteiger partial charge >= 0.3 is 0 Å². The van der Waals surface area contributed by atoms with E-state index in [1.165, 1.54) is 11.1 Å². The van der Waals surface area contributed by atoms with E-state index in [4.69, 9.17) is 14.3 Å². The Kier molecular flexibility index (Phi) is 9.65. The number of guanidine groups is 1. The maximum atomic E-state index is 5.44. The maximum absolute atomic E-state index is 5.44. The van der Waals surface area contributed by atoms with Crippen LogP contribution in [0.15, 0.2) is 33.8 Å². The van der Waals surface area contributed by atoms with Gasteiger partial charge in [0.15, 0.2) is 11.8 Å². The minimum atomic E-state index is 0. The van der Waals surface area contributed by atoms with E-state index in [1.807, 2.05) is 6.92 Å². The third-order valence-electron chi connectivity index (χ3n) is 4.35. The third kappa shape index (κ3) is 7.02. The van der Waals surface area contributed by atoms with Crippen LogP contribution in [-0.2, 0) is 24.4 Å². The predicted octanol–water partition coefficient (Wildman–Crippen LogP) is 2.08. The van der Waals surface area contributed by atoms with Crippen LogP contribution >= 0.6 is 24.0 Å². The van der Waals surface area contributed by atoms with Gasteiger partial charge in [-0.2, -0.15) is 4.98 Å². The highest BCUT2D eigenvalue weighted by molar-refractivity contribution is 14.0. The fraction of sp³-hybridized carbons (Fsp3) is 0.526. The number of nitrogens with zero attached hydrogens (tertiary/aromatic N) is 4. The van der Waals surface area contributed by atoms with Crippen LogP contribution in [0.3, 0.4) is 0 Å². The molecule has 1 fully saturated rings. The fourth-order valence-electron chi connectivity index (χ4n) is 2.95. The number of hydrogen-bond donors (Lipinski definition) is 2. The molecule has 1 aliphatic rings. The van der Waals surface area contributed by atoms with Gasteiger partial charge < -0.3 is 19.9 Å².